The largest absolute Gasteiger partial charge is 0.378 e. The number of imidazole rings is 1. The smallest absolute Gasteiger partial charge is 0.254 e. The normalized spacial score (nSPS) is 17.0. The Kier molecular flexibility index (Phi) is 5.60. The molecule has 10 nitrogen and oxygen atoms in total. The Morgan fingerprint density at radius 2 is 1.53 bits per heavy atom. The van der Waals surface area contributed by atoms with Crippen LogP contribution in [0, 0.1) is 0 Å². The molecule has 176 valence electrons. The first-order valence-corrected chi connectivity index (χ1v) is 11.9. The van der Waals surface area contributed by atoms with Gasteiger partial charge in [0.05, 0.1) is 32.6 Å². The number of ether oxygens (including phenoxy) is 2. The van der Waals surface area contributed by atoms with Crippen molar-refractivity contribution in [3.05, 3.63) is 42.7 Å². The number of hydrogen-bond acceptors (Lipinski definition) is 8. The van der Waals surface area contributed by atoms with E-state index in [9.17, 15) is 0 Å². The van der Waals surface area contributed by atoms with Crippen LogP contribution < -0.4 is 9.80 Å². The minimum atomic E-state index is 0.541. The van der Waals surface area contributed by atoms with E-state index in [0.717, 1.165) is 66.8 Å². The summed E-state index contributed by atoms with van der Waals surface area (Å²) in [5.41, 5.74) is 3.78. The fourth-order valence-electron chi connectivity index (χ4n) is 4.57. The third kappa shape index (κ3) is 3.78. The quantitative estimate of drug-likeness (QED) is 0.449. The summed E-state index contributed by atoms with van der Waals surface area (Å²) >= 11 is 0. The molecule has 0 unspecified atom stereocenters. The molecule has 10 heteroatoms. The van der Waals surface area contributed by atoms with Gasteiger partial charge in [0.15, 0.2) is 17.0 Å². The van der Waals surface area contributed by atoms with Crippen molar-refractivity contribution >= 4 is 22.9 Å². The molecule has 5 heterocycles. The van der Waals surface area contributed by atoms with Gasteiger partial charge in [0.2, 0.25) is 5.95 Å². The minimum Gasteiger partial charge on any atom is -0.378 e. The highest BCUT2D eigenvalue weighted by molar-refractivity contribution is 5.87. The third-order valence-electron chi connectivity index (χ3n) is 6.36. The van der Waals surface area contributed by atoms with E-state index >= 15 is 0 Å². The third-order valence-corrected chi connectivity index (χ3v) is 6.36. The van der Waals surface area contributed by atoms with E-state index in [2.05, 4.69) is 38.5 Å². The molecule has 3 aromatic heterocycles. The number of aromatic nitrogens is 6. The van der Waals surface area contributed by atoms with Crippen molar-refractivity contribution in [2.24, 2.45) is 0 Å². The maximum atomic E-state index is 5.60. The number of morpholine rings is 2. The van der Waals surface area contributed by atoms with Gasteiger partial charge in [-0.3, -0.25) is 4.57 Å². The molecular weight excluding hydrogens is 432 g/mol. The predicted molar refractivity (Wildman–Crippen MR) is 130 cm³/mol. The molecule has 6 rings (SSSR count). The van der Waals surface area contributed by atoms with Crippen LogP contribution in [0.3, 0.4) is 0 Å². The van der Waals surface area contributed by atoms with E-state index in [0.29, 0.717) is 32.4 Å². The molecule has 0 bridgehead atoms. The van der Waals surface area contributed by atoms with E-state index < -0.39 is 0 Å². The second-order valence-electron chi connectivity index (χ2n) is 8.41. The molecule has 0 spiro atoms. The lowest BCUT2D eigenvalue weighted by atomic mass is 10.1. The first-order valence-electron chi connectivity index (χ1n) is 11.9. The molecular formula is C24H28N8O2. The van der Waals surface area contributed by atoms with Gasteiger partial charge >= 0.3 is 0 Å². The molecule has 1 aromatic carbocycles. The fourth-order valence-corrected chi connectivity index (χ4v) is 4.57. The standard InChI is InChI=1S/C24H28N8O2/c1-2-31-22-20(26-24(31)30-10-14-34-15-11-30)21(29-8-12-33-13-9-29)27-23(28-22)32-17-19(16-25-32)18-6-4-3-5-7-18/h3-7,16-17H,2,8-15H2,1H3. The van der Waals surface area contributed by atoms with Gasteiger partial charge in [0.25, 0.3) is 5.95 Å². The van der Waals surface area contributed by atoms with E-state index in [4.69, 9.17) is 24.4 Å². The van der Waals surface area contributed by atoms with Crippen LogP contribution in [0.15, 0.2) is 42.7 Å². The van der Waals surface area contributed by atoms with Crippen LogP contribution in [0.4, 0.5) is 11.8 Å². The summed E-state index contributed by atoms with van der Waals surface area (Å²) in [6.45, 7) is 8.81. The second kappa shape index (κ2) is 9.03. The van der Waals surface area contributed by atoms with Crippen molar-refractivity contribution < 1.29 is 9.47 Å². The topological polar surface area (TPSA) is 86.4 Å². The highest BCUT2D eigenvalue weighted by atomic mass is 16.5. The summed E-state index contributed by atoms with van der Waals surface area (Å²) in [6.07, 6.45) is 3.84. The first kappa shape index (κ1) is 21.1. The molecule has 2 saturated heterocycles. The monoisotopic (exact) mass is 460 g/mol. The van der Waals surface area contributed by atoms with E-state index in [1.807, 2.05) is 30.6 Å². The molecule has 2 fully saturated rings. The Morgan fingerprint density at radius 1 is 0.824 bits per heavy atom. The van der Waals surface area contributed by atoms with E-state index in [1.165, 1.54) is 0 Å². The molecule has 2 aliphatic heterocycles. The Bertz CT molecular complexity index is 1270. The number of fused-ring (bicyclic) bond motifs is 1. The van der Waals surface area contributed by atoms with Crippen LogP contribution in [-0.2, 0) is 16.0 Å². The molecule has 0 N–H and O–H groups in total. The van der Waals surface area contributed by atoms with Crippen molar-refractivity contribution in [2.45, 2.75) is 13.5 Å². The Balaban J connectivity index is 1.49. The Morgan fingerprint density at radius 3 is 2.24 bits per heavy atom. The number of aryl methyl sites for hydroxylation is 1. The van der Waals surface area contributed by atoms with Gasteiger partial charge in [-0.15, -0.1) is 0 Å². The summed E-state index contributed by atoms with van der Waals surface area (Å²) in [5.74, 6) is 2.30. The number of hydrogen-bond donors (Lipinski definition) is 0. The van der Waals surface area contributed by atoms with Gasteiger partial charge in [-0.25, -0.2) is 9.67 Å². The zero-order chi connectivity index (χ0) is 22.9. The number of rotatable bonds is 5. The Hall–Kier alpha value is -3.50. The first-order chi connectivity index (χ1) is 16.8. The van der Waals surface area contributed by atoms with Crippen LogP contribution >= 0.6 is 0 Å². The van der Waals surface area contributed by atoms with Crippen LogP contribution in [0.5, 0.6) is 0 Å². The summed E-state index contributed by atoms with van der Waals surface area (Å²) in [4.78, 5) is 19.5. The van der Waals surface area contributed by atoms with Gasteiger partial charge in [-0.1, -0.05) is 30.3 Å². The highest BCUT2D eigenvalue weighted by Crippen LogP contribution is 2.30. The van der Waals surface area contributed by atoms with Gasteiger partial charge in [-0.05, 0) is 12.5 Å². The molecule has 2 aliphatic rings. The lowest BCUT2D eigenvalue weighted by Crippen LogP contribution is -2.38. The lowest BCUT2D eigenvalue weighted by molar-refractivity contribution is 0.121. The minimum absolute atomic E-state index is 0.541. The van der Waals surface area contributed by atoms with Crippen LogP contribution in [-0.4, -0.2) is 81.9 Å². The molecule has 0 amide bonds. The summed E-state index contributed by atoms with van der Waals surface area (Å²) in [7, 11) is 0. The Labute approximate surface area is 197 Å². The predicted octanol–water partition coefficient (Wildman–Crippen LogP) is 2.37. The summed E-state index contributed by atoms with van der Waals surface area (Å²) < 4.78 is 15.1. The SMILES string of the molecule is CCn1c(N2CCOCC2)nc2c(N3CCOCC3)nc(-n3cc(-c4ccccc4)cn3)nc21. The number of benzene rings is 1. The second-order valence-corrected chi connectivity index (χ2v) is 8.41. The fraction of sp³-hybridized carbons (Fsp3) is 0.417. The van der Waals surface area contributed by atoms with Gasteiger partial charge < -0.3 is 19.3 Å². The van der Waals surface area contributed by atoms with Gasteiger partial charge in [-0.2, -0.15) is 15.1 Å². The molecule has 0 saturated carbocycles. The van der Waals surface area contributed by atoms with Crippen molar-refractivity contribution in [1.29, 1.82) is 0 Å². The maximum Gasteiger partial charge on any atom is 0.254 e. The van der Waals surface area contributed by atoms with Crippen molar-refractivity contribution in [2.75, 3.05) is 62.4 Å². The van der Waals surface area contributed by atoms with Crippen molar-refractivity contribution in [1.82, 2.24) is 29.3 Å². The highest BCUT2D eigenvalue weighted by Gasteiger charge is 2.26. The molecule has 0 aliphatic carbocycles. The van der Waals surface area contributed by atoms with Crippen LogP contribution in [0.1, 0.15) is 6.92 Å². The van der Waals surface area contributed by atoms with E-state index in [1.54, 1.807) is 4.68 Å². The van der Waals surface area contributed by atoms with E-state index in [-0.39, 0.29) is 0 Å². The molecule has 0 radical (unpaired) electrons. The number of anilines is 2. The van der Waals surface area contributed by atoms with Crippen molar-refractivity contribution in [3.63, 3.8) is 0 Å². The zero-order valence-corrected chi connectivity index (χ0v) is 19.3. The summed E-state index contributed by atoms with van der Waals surface area (Å²) in [6, 6.07) is 10.2. The van der Waals surface area contributed by atoms with Gasteiger partial charge in [0, 0.05) is 44.5 Å². The van der Waals surface area contributed by atoms with Crippen LogP contribution in [0.25, 0.3) is 28.2 Å². The average molecular weight is 461 g/mol. The van der Waals surface area contributed by atoms with Gasteiger partial charge in [0.1, 0.15) is 0 Å². The average Bonchev–Trinajstić information content (AvgIpc) is 3.55. The summed E-state index contributed by atoms with van der Waals surface area (Å²) in [5, 5.41) is 4.60. The number of nitrogens with zero attached hydrogens (tertiary/aromatic N) is 8. The molecule has 34 heavy (non-hydrogen) atoms. The maximum absolute atomic E-state index is 5.60. The lowest BCUT2D eigenvalue weighted by Gasteiger charge is -2.28. The molecule has 0 atom stereocenters. The van der Waals surface area contributed by atoms with Crippen molar-refractivity contribution in [3.8, 4) is 17.1 Å². The van der Waals surface area contributed by atoms with Crippen LogP contribution in [0.2, 0.25) is 0 Å². The zero-order valence-electron chi connectivity index (χ0n) is 19.3. The molecule has 4 aromatic rings.